The van der Waals surface area contributed by atoms with E-state index in [0.717, 1.165) is 44.9 Å². The fraction of sp³-hybridized carbons (Fsp3) is 0.625. The Bertz CT molecular complexity index is 339. The normalized spacial score (nSPS) is 10.9. The molecule has 0 saturated carbocycles. The summed E-state index contributed by atoms with van der Waals surface area (Å²) in [7, 11) is 0. The quantitative estimate of drug-likeness (QED) is 0.658. The monoisotopic (exact) mass is 265 g/mol. The number of ether oxygens (including phenoxy) is 2. The first-order valence-corrected chi connectivity index (χ1v) is 7.26. The van der Waals surface area contributed by atoms with Gasteiger partial charge in [-0.3, -0.25) is 0 Å². The van der Waals surface area contributed by atoms with Gasteiger partial charge in [-0.05, 0) is 50.9 Å². The van der Waals surface area contributed by atoms with Gasteiger partial charge in [0.25, 0.3) is 0 Å². The number of rotatable bonds is 10. The van der Waals surface area contributed by atoms with Crippen LogP contribution in [-0.2, 0) is 11.3 Å². The molecule has 0 fully saturated rings. The molecule has 0 saturated heterocycles. The van der Waals surface area contributed by atoms with Crippen LogP contribution in [-0.4, -0.2) is 25.9 Å². The average molecular weight is 265 g/mol. The van der Waals surface area contributed by atoms with Crippen LogP contribution in [0.2, 0.25) is 0 Å². The van der Waals surface area contributed by atoms with Crippen molar-refractivity contribution in [1.29, 1.82) is 0 Å². The molecule has 0 atom stereocenters. The van der Waals surface area contributed by atoms with Crippen molar-refractivity contribution in [2.24, 2.45) is 0 Å². The van der Waals surface area contributed by atoms with Crippen LogP contribution in [0.3, 0.4) is 0 Å². The van der Waals surface area contributed by atoms with Crippen LogP contribution in [0.25, 0.3) is 0 Å². The van der Waals surface area contributed by atoms with Crippen molar-refractivity contribution in [3.63, 3.8) is 0 Å². The fourth-order valence-electron chi connectivity index (χ4n) is 1.78. The number of hydrogen-bond donors (Lipinski definition) is 1. The van der Waals surface area contributed by atoms with Crippen LogP contribution in [0.4, 0.5) is 0 Å². The smallest absolute Gasteiger partial charge is 0.120 e. The van der Waals surface area contributed by atoms with Crippen LogP contribution >= 0.6 is 0 Å². The molecule has 0 spiro atoms. The van der Waals surface area contributed by atoms with Gasteiger partial charge in [-0.1, -0.05) is 19.1 Å². The Morgan fingerprint density at radius 1 is 1.21 bits per heavy atom. The zero-order valence-corrected chi connectivity index (χ0v) is 12.4. The molecule has 1 rings (SSSR count). The highest BCUT2D eigenvalue weighted by Gasteiger charge is 1.99. The number of benzene rings is 1. The Hall–Kier alpha value is -1.06. The second-order valence-electron chi connectivity index (χ2n) is 4.96. The van der Waals surface area contributed by atoms with Crippen LogP contribution in [0.15, 0.2) is 24.3 Å². The molecule has 0 aliphatic carbocycles. The van der Waals surface area contributed by atoms with Crippen molar-refractivity contribution in [2.75, 3.05) is 19.8 Å². The highest BCUT2D eigenvalue weighted by atomic mass is 16.5. The summed E-state index contributed by atoms with van der Waals surface area (Å²) in [5, 5.41) is 3.42. The van der Waals surface area contributed by atoms with Gasteiger partial charge in [-0.2, -0.15) is 0 Å². The van der Waals surface area contributed by atoms with Gasteiger partial charge >= 0.3 is 0 Å². The van der Waals surface area contributed by atoms with Crippen LogP contribution in [0.1, 0.15) is 39.2 Å². The van der Waals surface area contributed by atoms with Gasteiger partial charge in [0.2, 0.25) is 0 Å². The van der Waals surface area contributed by atoms with Crippen molar-refractivity contribution in [3.05, 3.63) is 29.8 Å². The highest BCUT2D eigenvalue weighted by Crippen LogP contribution is 2.14. The van der Waals surface area contributed by atoms with Gasteiger partial charge in [-0.15, -0.1) is 0 Å². The van der Waals surface area contributed by atoms with Gasteiger partial charge in [0.15, 0.2) is 0 Å². The molecule has 0 bridgehead atoms. The summed E-state index contributed by atoms with van der Waals surface area (Å²) in [6.07, 6.45) is 2.37. The van der Waals surface area contributed by atoms with Crippen molar-refractivity contribution in [3.8, 4) is 5.75 Å². The van der Waals surface area contributed by atoms with E-state index in [9.17, 15) is 0 Å². The maximum atomic E-state index is 5.68. The first kappa shape index (κ1) is 16.0. The van der Waals surface area contributed by atoms with Crippen LogP contribution < -0.4 is 10.1 Å². The van der Waals surface area contributed by atoms with Gasteiger partial charge < -0.3 is 14.8 Å². The molecule has 1 aromatic rings. The fourth-order valence-corrected chi connectivity index (χ4v) is 1.78. The Morgan fingerprint density at radius 3 is 2.79 bits per heavy atom. The summed E-state index contributed by atoms with van der Waals surface area (Å²) in [5.41, 5.74) is 1.26. The third-order valence-corrected chi connectivity index (χ3v) is 2.59. The third kappa shape index (κ3) is 7.85. The predicted octanol–water partition coefficient (Wildman–Crippen LogP) is 3.38. The van der Waals surface area contributed by atoms with Gasteiger partial charge in [0, 0.05) is 19.8 Å². The van der Waals surface area contributed by atoms with Gasteiger partial charge in [0.1, 0.15) is 5.75 Å². The molecule has 0 aliphatic heterocycles. The third-order valence-electron chi connectivity index (χ3n) is 2.59. The van der Waals surface area contributed by atoms with E-state index in [1.54, 1.807) is 0 Å². The Labute approximate surface area is 117 Å². The van der Waals surface area contributed by atoms with Crippen molar-refractivity contribution < 1.29 is 9.47 Å². The minimum atomic E-state index is 0.221. The lowest BCUT2D eigenvalue weighted by Gasteiger charge is -2.11. The summed E-state index contributed by atoms with van der Waals surface area (Å²) in [6, 6.07) is 8.26. The molecular formula is C16H27NO2. The van der Waals surface area contributed by atoms with E-state index in [0.29, 0.717) is 0 Å². The molecule has 3 nitrogen and oxygen atoms in total. The Balaban J connectivity index is 2.18. The standard InChI is InChI=1S/C16H27NO2/c1-4-10-18-11-6-9-17-13-15-7-5-8-16(12-15)19-14(2)3/h5,7-8,12,14,17H,4,6,9-11,13H2,1-3H3. The molecule has 0 unspecified atom stereocenters. The molecule has 1 N–H and O–H groups in total. The minimum absolute atomic E-state index is 0.221. The minimum Gasteiger partial charge on any atom is -0.491 e. The zero-order valence-electron chi connectivity index (χ0n) is 12.4. The van der Waals surface area contributed by atoms with E-state index in [1.807, 2.05) is 26.0 Å². The first-order valence-electron chi connectivity index (χ1n) is 7.26. The van der Waals surface area contributed by atoms with Gasteiger partial charge in [-0.25, -0.2) is 0 Å². The SMILES string of the molecule is CCCOCCCNCc1cccc(OC(C)C)c1. The molecule has 0 aliphatic rings. The van der Waals surface area contributed by atoms with E-state index in [4.69, 9.17) is 9.47 Å². The van der Waals surface area contributed by atoms with Gasteiger partial charge in [0.05, 0.1) is 6.10 Å². The second kappa shape index (κ2) is 9.82. The lowest BCUT2D eigenvalue weighted by Crippen LogP contribution is -2.16. The van der Waals surface area contributed by atoms with E-state index in [-0.39, 0.29) is 6.10 Å². The average Bonchev–Trinajstić information content (AvgIpc) is 2.37. The summed E-state index contributed by atoms with van der Waals surface area (Å²) in [6.45, 7) is 9.79. The zero-order chi connectivity index (χ0) is 13.9. The molecule has 0 heterocycles. The summed E-state index contributed by atoms with van der Waals surface area (Å²) in [4.78, 5) is 0. The molecule has 0 amide bonds. The van der Waals surface area contributed by atoms with E-state index < -0.39 is 0 Å². The lowest BCUT2D eigenvalue weighted by molar-refractivity contribution is 0.132. The molecule has 0 aromatic heterocycles. The first-order chi connectivity index (χ1) is 9.22. The topological polar surface area (TPSA) is 30.5 Å². The van der Waals surface area contributed by atoms with Crippen LogP contribution in [0.5, 0.6) is 5.75 Å². The molecule has 108 valence electrons. The highest BCUT2D eigenvalue weighted by molar-refractivity contribution is 5.28. The Kier molecular flexibility index (Phi) is 8.26. The molecular weight excluding hydrogens is 238 g/mol. The maximum Gasteiger partial charge on any atom is 0.120 e. The summed E-state index contributed by atoms with van der Waals surface area (Å²) >= 11 is 0. The van der Waals surface area contributed by atoms with Crippen molar-refractivity contribution in [2.45, 2.75) is 46.3 Å². The van der Waals surface area contributed by atoms with E-state index >= 15 is 0 Å². The summed E-state index contributed by atoms with van der Waals surface area (Å²) < 4.78 is 11.1. The predicted molar refractivity (Wildman–Crippen MR) is 79.6 cm³/mol. The largest absolute Gasteiger partial charge is 0.491 e. The van der Waals surface area contributed by atoms with Crippen molar-refractivity contribution in [1.82, 2.24) is 5.32 Å². The lowest BCUT2D eigenvalue weighted by atomic mass is 10.2. The van der Waals surface area contributed by atoms with E-state index in [1.165, 1.54) is 5.56 Å². The van der Waals surface area contributed by atoms with E-state index in [2.05, 4.69) is 24.4 Å². The number of hydrogen-bond acceptors (Lipinski definition) is 3. The molecule has 19 heavy (non-hydrogen) atoms. The number of nitrogens with one attached hydrogen (secondary N) is 1. The second-order valence-corrected chi connectivity index (χ2v) is 4.96. The molecule has 1 aromatic carbocycles. The van der Waals surface area contributed by atoms with Crippen molar-refractivity contribution >= 4 is 0 Å². The van der Waals surface area contributed by atoms with Crippen LogP contribution in [0, 0.1) is 0 Å². The summed E-state index contributed by atoms with van der Waals surface area (Å²) in [5.74, 6) is 0.945. The molecule has 0 radical (unpaired) electrons. The Morgan fingerprint density at radius 2 is 2.05 bits per heavy atom. The maximum absolute atomic E-state index is 5.68. The molecule has 3 heteroatoms.